The van der Waals surface area contributed by atoms with Gasteiger partial charge in [-0.15, -0.1) is 11.3 Å². The number of carbonyl (C=O) groups excluding carboxylic acids is 3. The molecule has 2 aromatic carbocycles. The largest absolute Gasteiger partial charge is 0.457 e. The average Bonchev–Trinajstić information content (AvgIpc) is 3.37. The number of hydrogen-bond acceptors (Lipinski definition) is 6. The van der Waals surface area contributed by atoms with Crippen molar-refractivity contribution in [2.24, 2.45) is 0 Å². The number of ether oxygens (including phenoxy) is 1. The molecule has 214 valence electrons. The van der Waals surface area contributed by atoms with Crippen molar-refractivity contribution in [1.29, 1.82) is 0 Å². The molecule has 4 heterocycles. The monoisotopic (exact) mass is 581 g/mol. The van der Waals surface area contributed by atoms with E-state index >= 15 is 0 Å². The summed E-state index contributed by atoms with van der Waals surface area (Å²) in [5, 5.41) is 6.74. The van der Waals surface area contributed by atoms with Gasteiger partial charge in [-0.3, -0.25) is 14.5 Å². The first-order valence-electron chi connectivity index (χ1n) is 14.0. The molecule has 42 heavy (non-hydrogen) atoms. The van der Waals surface area contributed by atoms with Crippen LogP contribution in [0.5, 0.6) is 11.5 Å². The Balaban J connectivity index is 1.29. The van der Waals surface area contributed by atoms with Gasteiger partial charge in [-0.25, -0.2) is 9.78 Å². The Kier molecular flexibility index (Phi) is 7.38. The van der Waals surface area contributed by atoms with E-state index in [2.05, 4.69) is 29.1 Å². The van der Waals surface area contributed by atoms with E-state index in [1.807, 2.05) is 49.4 Å². The first kappa shape index (κ1) is 27.5. The van der Waals surface area contributed by atoms with Gasteiger partial charge >= 0.3 is 6.03 Å². The zero-order valence-electron chi connectivity index (χ0n) is 23.5. The lowest BCUT2D eigenvalue weighted by atomic mass is 10.1. The van der Waals surface area contributed by atoms with Gasteiger partial charge in [-0.2, -0.15) is 0 Å². The van der Waals surface area contributed by atoms with E-state index in [0.29, 0.717) is 45.6 Å². The fourth-order valence-electron chi connectivity index (χ4n) is 5.62. The van der Waals surface area contributed by atoms with Crippen LogP contribution >= 0.6 is 11.3 Å². The lowest BCUT2D eigenvalue weighted by Gasteiger charge is -2.32. The minimum absolute atomic E-state index is 0.146. The van der Waals surface area contributed by atoms with Gasteiger partial charge in [-0.1, -0.05) is 31.7 Å². The second-order valence-corrected chi connectivity index (χ2v) is 11.4. The van der Waals surface area contributed by atoms with Crippen molar-refractivity contribution < 1.29 is 19.1 Å². The topological polar surface area (TPSA) is 104 Å². The summed E-state index contributed by atoms with van der Waals surface area (Å²) < 4.78 is 6.18. The molecule has 1 atom stereocenters. The molecule has 9 nitrogen and oxygen atoms in total. The molecule has 0 bridgehead atoms. The zero-order chi connectivity index (χ0) is 29.4. The second-order valence-electron chi connectivity index (χ2n) is 10.4. The predicted octanol–water partition coefficient (Wildman–Crippen LogP) is 6.55. The van der Waals surface area contributed by atoms with Gasteiger partial charge in [0.15, 0.2) is 0 Å². The van der Waals surface area contributed by atoms with Gasteiger partial charge in [0.2, 0.25) is 5.91 Å². The van der Waals surface area contributed by atoms with E-state index in [1.54, 1.807) is 22.1 Å². The molecule has 0 saturated carbocycles. The van der Waals surface area contributed by atoms with E-state index in [-0.39, 0.29) is 23.9 Å². The smallest absolute Gasteiger partial charge is 0.331 e. The number of carbonyl (C=O) groups is 3. The quantitative estimate of drug-likeness (QED) is 0.241. The first-order chi connectivity index (χ1) is 20.4. The number of benzene rings is 2. The van der Waals surface area contributed by atoms with Gasteiger partial charge in [0, 0.05) is 25.3 Å². The van der Waals surface area contributed by atoms with E-state index < -0.39 is 0 Å². The van der Waals surface area contributed by atoms with Crippen molar-refractivity contribution in [3.05, 3.63) is 83.4 Å². The summed E-state index contributed by atoms with van der Waals surface area (Å²) in [6, 6.07) is 14.8. The van der Waals surface area contributed by atoms with Gasteiger partial charge < -0.3 is 20.3 Å². The Morgan fingerprint density at radius 2 is 2.05 bits per heavy atom. The molecule has 2 aliphatic heterocycles. The fraction of sp³-hybridized carbons (Fsp3) is 0.250. The number of nitrogens with zero attached hydrogens (tertiary/aromatic N) is 3. The summed E-state index contributed by atoms with van der Waals surface area (Å²) in [5.74, 6) is 1.05. The standard InChI is InChI=1S/C32H31N5O4S/c1-4-20-9-6-7-11-25(20)41-22-12-13-23(19(3)17-22)37-24-14-15-33-31-27(24)28(35-32(37)40)29(42-31)30(39)34-21-10-8-16-36(18-21)26(38)5-2/h5-7,9,11-15,17,21H,2,4,8,10,16,18H2,1,3H3,(H,34,39)(H,35,40)/t21-/m1/s1. The highest BCUT2D eigenvalue weighted by Gasteiger charge is 2.34. The number of urea groups is 1. The Morgan fingerprint density at radius 1 is 1.21 bits per heavy atom. The van der Waals surface area contributed by atoms with E-state index in [0.717, 1.165) is 41.5 Å². The van der Waals surface area contributed by atoms with Crippen molar-refractivity contribution in [3.63, 3.8) is 0 Å². The average molecular weight is 582 g/mol. The van der Waals surface area contributed by atoms with Crippen LogP contribution in [0.25, 0.3) is 10.2 Å². The molecule has 2 N–H and O–H groups in total. The maximum atomic E-state index is 13.6. The lowest BCUT2D eigenvalue weighted by molar-refractivity contribution is -0.127. The van der Waals surface area contributed by atoms with Crippen molar-refractivity contribution in [1.82, 2.24) is 15.2 Å². The van der Waals surface area contributed by atoms with Crippen LogP contribution < -0.4 is 20.3 Å². The Labute approximate surface area is 247 Å². The normalized spacial score (nSPS) is 16.2. The van der Waals surface area contributed by atoms with Crippen LogP contribution in [0.4, 0.5) is 21.9 Å². The van der Waals surface area contributed by atoms with Crippen molar-refractivity contribution in [3.8, 4) is 11.5 Å². The van der Waals surface area contributed by atoms with Crippen LogP contribution in [0.15, 0.2) is 67.4 Å². The molecule has 6 rings (SSSR count). The summed E-state index contributed by atoms with van der Waals surface area (Å²) >= 11 is 1.24. The maximum Gasteiger partial charge on any atom is 0.331 e. The van der Waals surface area contributed by atoms with Crippen molar-refractivity contribution in [2.75, 3.05) is 23.3 Å². The number of aryl methyl sites for hydroxylation is 2. The van der Waals surface area contributed by atoms with Crippen LogP contribution in [0.2, 0.25) is 0 Å². The maximum absolute atomic E-state index is 13.6. The summed E-state index contributed by atoms with van der Waals surface area (Å²) in [4.78, 5) is 48.0. The van der Waals surface area contributed by atoms with Gasteiger partial charge in [-0.05, 0) is 73.7 Å². The van der Waals surface area contributed by atoms with Gasteiger partial charge in [0.25, 0.3) is 5.91 Å². The van der Waals surface area contributed by atoms with Crippen molar-refractivity contribution >= 4 is 56.5 Å². The molecule has 2 aromatic heterocycles. The van der Waals surface area contributed by atoms with Crippen molar-refractivity contribution in [2.45, 2.75) is 39.2 Å². The van der Waals surface area contributed by atoms with Gasteiger partial charge in [0.1, 0.15) is 21.2 Å². The zero-order valence-corrected chi connectivity index (χ0v) is 24.3. The van der Waals surface area contributed by atoms with E-state index in [4.69, 9.17) is 4.74 Å². The van der Waals surface area contributed by atoms with E-state index in [1.165, 1.54) is 17.4 Å². The van der Waals surface area contributed by atoms with Crippen LogP contribution in [0, 0.1) is 6.92 Å². The summed E-state index contributed by atoms with van der Waals surface area (Å²) in [6.07, 6.45) is 5.35. The summed E-state index contributed by atoms with van der Waals surface area (Å²) in [6.45, 7) is 8.65. The first-order valence-corrected chi connectivity index (χ1v) is 14.8. The number of pyridine rings is 1. The molecule has 0 radical (unpaired) electrons. The molecule has 0 aliphatic carbocycles. The third-order valence-corrected chi connectivity index (χ3v) is 8.78. The third-order valence-electron chi connectivity index (χ3n) is 7.69. The predicted molar refractivity (Wildman–Crippen MR) is 165 cm³/mol. The molecule has 4 amide bonds. The SMILES string of the molecule is C=CC(=O)N1CCC[C@@H](NC(=O)c2sc3nccc4c3c2NC(=O)N4c2ccc(Oc3ccccc3CC)cc2C)C1. The molecule has 1 fully saturated rings. The molecule has 10 heteroatoms. The highest BCUT2D eigenvalue weighted by molar-refractivity contribution is 7.21. The molecule has 4 aromatic rings. The molecule has 1 saturated heterocycles. The molecular weight excluding hydrogens is 550 g/mol. The Hall–Kier alpha value is -4.70. The number of thiophene rings is 1. The number of anilines is 3. The summed E-state index contributed by atoms with van der Waals surface area (Å²) in [5.41, 5.74) is 3.79. The van der Waals surface area contributed by atoms with Crippen LogP contribution in [0.1, 0.15) is 40.6 Å². The number of likely N-dealkylation sites (tertiary alicyclic amines) is 1. The van der Waals surface area contributed by atoms with Gasteiger partial charge in [0.05, 0.1) is 22.4 Å². The lowest BCUT2D eigenvalue weighted by Crippen LogP contribution is -2.49. The van der Waals surface area contributed by atoms with E-state index in [9.17, 15) is 14.4 Å². The molecule has 0 unspecified atom stereocenters. The van der Waals surface area contributed by atoms with Crippen LogP contribution in [-0.4, -0.2) is 46.9 Å². The molecule has 2 aliphatic rings. The summed E-state index contributed by atoms with van der Waals surface area (Å²) in [7, 11) is 0. The minimum atomic E-state index is -0.365. The number of piperidine rings is 1. The second kappa shape index (κ2) is 11.3. The Bertz CT molecular complexity index is 1730. The highest BCUT2D eigenvalue weighted by atomic mass is 32.1. The number of nitrogens with one attached hydrogen (secondary N) is 2. The molecular formula is C32H31N5O4S. The highest BCUT2D eigenvalue weighted by Crippen LogP contribution is 2.46. The fourth-order valence-corrected chi connectivity index (χ4v) is 6.65. The van der Waals surface area contributed by atoms with Crippen LogP contribution in [-0.2, 0) is 11.2 Å². The number of para-hydroxylation sites is 1. The number of aromatic nitrogens is 1. The third kappa shape index (κ3) is 4.98. The minimum Gasteiger partial charge on any atom is -0.457 e. The van der Waals surface area contributed by atoms with Crippen LogP contribution in [0.3, 0.4) is 0 Å². The number of hydrogen-bond donors (Lipinski definition) is 2. The number of rotatable bonds is 7. The molecule has 0 spiro atoms. The number of amides is 4. The Morgan fingerprint density at radius 3 is 2.83 bits per heavy atom.